The number of nitro groups is 1. The molecule has 0 atom stereocenters. The summed E-state index contributed by atoms with van der Waals surface area (Å²) < 4.78 is 4.90. The van der Waals surface area contributed by atoms with Gasteiger partial charge in [0.2, 0.25) is 5.78 Å². The predicted molar refractivity (Wildman–Crippen MR) is 82.8 cm³/mol. The SMILES string of the molecule is CN(C)c1ccc(C(=O)OCC(=O)c2ccc[nH]2)cc1[N+](=O)[O-]. The minimum Gasteiger partial charge on any atom is -0.454 e. The summed E-state index contributed by atoms with van der Waals surface area (Å²) in [5.41, 5.74) is 0.502. The average molecular weight is 317 g/mol. The maximum absolute atomic E-state index is 12.0. The number of carbonyl (C=O) groups excluding carboxylic acids is 2. The molecule has 0 saturated heterocycles. The molecule has 2 rings (SSSR count). The van der Waals surface area contributed by atoms with E-state index in [0.717, 1.165) is 6.07 Å². The van der Waals surface area contributed by atoms with Crippen LogP contribution < -0.4 is 4.90 Å². The quantitative estimate of drug-likeness (QED) is 0.378. The topological polar surface area (TPSA) is 106 Å². The maximum atomic E-state index is 12.0. The zero-order chi connectivity index (χ0) is 17.0. The number of nitro benzene ring substituents is 1. The van der Waals surface area contributed by atoms with Crippen LogP contribution >= 0.6 is 0 Å². The van der Waals surface area contributed by atoms with Crippen LogP contribution in [0.4, 0.5) is 11.4 Å². The van der Waals surface area contributed by atoms with E-state index >= 15 is 0 Å². The second kappa shape index (κ2) is 6.73. The van der Waals surface area contributed by atoms with Crippen LogP contribution in [-0.2, 0) is 4.74 Å². The van der Waals surface area contributed by atoms with Crippen LogP contribution in [0.1, 0.15) is 20.8 Å². The van der Waals surface area contributed by atoms with Gasteiger partial charge in [-0.25, -0.2) is 4.79 Å². The number of anilines is 1. The highest BCUT2D eigenvalue weighted by Crippen LogP contribution is 2.27. The number of esters is 1. The number of hydrogen-bond acceptors (Lipinski definition) is 6. The first kappa shape index (κ1) is 16.2. The Morgan fingerprint density at radius 2 is 2.04 bits per heavy atom. The lowest BCUT2D eigenvalue weighted by molar-refractivity contribution is -0.384. The summed E-state index contributed by atoms with van der Waals surface area (Å²) in [6.07, 6.45) is 1.58. The third-order valence-corrected chi connectivity index (χ3v) is 3.12. The van der Waals surface area contributed by atoms with E-state index in [4.69, 9.17) is 4.74 Å². The summed E-state index contributed by atoms with van der Waals surface area (Å²) in [6.45, 7) is -0.442. The molecule has 0 aliphatic heterocycles. The van der Waals surface area contributed by atoms with Gasteiger partial charge >= 0.3 is 5.97 Å². The van der Waals surface area contributed by atoms with E-state index in [9.17, 15) is 19.7 Å². The van der Waals surface area contributed by atoms with Crippen molar-refractivity contribution in [2.45, 2.75) is 0 Å². The summed E-state index contributed by atoms with van der Waals surface area (Å²) in [7, 11) is 3.32. The van der Waals surface area contributed by atoms with Gasteiger partial charge in [0.15, 0.2) is 6.61 Å². The average Bonchev–Trinajstić information content (AvgIpc) is 3.05. The molecule has 1 heterocycles. The van der Waals surface area contributed by atoms with E-state index in [1.165, 1.54) is 12.1 Å². The summed E-state index contributed by atoms with van der Waals surface area (Å²) >= 11 is 0. The number of ether oxygens (including phenoxy) is 1. The van der Waals surface area contributed by atoms with Crippen LogP contribution in [0.5, 0.6) is 0 Å². The largest absolute Gasteiger partial charge is 0.454 e. The van der Waals surface area contributed by atoms with Gasteiger partial charge in [0, 0.05) is 26.4 Å². The minimum absolute atomic E-state index is 0.0154. The molecule has 0 amide bonds. The molecule has 8 heteroatoms. The molecule has 0 saturated carbocycles. The highest BCUT2D eigenvalue weighted by molar-refractivity contribution is 5.98. The predicted octanol–water partition coefficient (Wildman–Crippen LogP) is 2.03. The maximum Gasteiger partial charge on any atom is 0.338 e. The minimum atomic E-state index is -0.793. The van der Waals surface area contributed by atoms with Crippen LogP contribution in [0.25, 0.3) is 0 Å². The number of H-pyrrole nitrogens is 1. The molecule has 1 aromatic heterocycles. The highest BCUT2D eigenvalue weighted by Gasteiger charge is 2.20. The molecule has 8 nitrogen and oxygen atoms in total. The number of carbonyl (C=O) groups is 2. The van der Waals surface area contributed by atoms with Crippen LogP contribution in [0, 0.1) is 10.1 Å². The molecule has 23 heavy (non-hydrogen) atoms. The van der Waals surface area contributed by atoms with Gasteiger partial charge in [0.1, 0.15) is 5.69 Å². The van der Waals surface area contributed by atoms with Crippen molar-refractivity contribution in [2.24, 2.45) is 0 Å². The third kappa shape index (κ3) is 3.73. The van der Waals surface area contributed by atoms with Crippen molar-refractivity contribution in [2.75, 3.05) is 25.6 Å². The van der Waals surface area contributed by atoms with Gasteiger partial charge < -0.3 is 14.6 Å². The normalized spacial score (nSPS) is 10.2. The zero-order valence-electron chi connectivity index (χ0n) is 12.6. The second-order valence-electron chi connectivity index (χ2n) is 4.94. The number of aromatic nitrogens is 1. The number of nitrogens with zero attached hydrogens (tertiary/aromatic N) is 2. The van der Waals surface area contributed by atoms with E-state index in [1.54, 1.807) is 37.3 Å². The molecule has 1 N–H and O–H groups in total. The number of nitrogens with one attached hydrogen (secondary N) is 1. The van der Waals surface area contributed by atoms with E-state index in [0.29, 0.717) is 11.4 Å². The lowest BCUT2D eigenvalue weighted by Crippen LogP contribution is -2.15. The lowest BCUT2D eigenvalue weighted by Gasteiger charge is -2.13. The Labute approximate surface area is 131 Å². The van der Waals surface area contributed by atoms with Gasteiger partial charge in [0.05, 0.1) is 16.2 Å². The molecule has 0 bridgehead atoms. The number of benzene rings is 1. The molecule has 0 spiro atoms. The van der Waals surface area contributed by atoms with Crippen LogP contribution in [0.15, 0.2) is 36.5 Å². The van der Waals surface area contributed by atoms with Crippen molar-refractivity contribution >= 4 is 23.1 Å². The van der Waals surface area contributed by atoms with Crippen molar-refractivity contribution in [3.05, 3.63) is 57.9 Å². The van der Waals surface area contributed by atoms with E-state index in [2.05, 4.69) is 4.98 Å². The molecule has 0 aliphatic carbocycles. The fourth-order valence-electron chi connectivity index (χ4n) is 1.97. The molecule has 0 fully saturated rings. The molecule has 2 aromatic rings. The van der Waals surface area contributed by atoms with Gasteiger partial charge in [-0.2, -0.15) is 0 Å². The number of aromatic amines is 1. The van der Waals surface area contributed by atoms with Crippen molar-refractivity contribution in [1.82, 2.24) is 4.98 Å². The standard InChI is InChI=1S/C15H15N3O5/c1-17(2)12-6-5-10(8-13(12)18(21)22)15(20)23-9-14(19)11-4-3-7-16-11/h3-8,16H,9H2,1-2H3. The highest BCUT2D eigenvalue weighted by atomic mass is 16.6. The van der Waals surface area contributed by atoms with Gasteiger partial charge in [-0.3, -0.25) is 14.9 Å². The summed E-state index contributed by atoms with van der Waals surface area (Å²) in [4.78, 5) is 38.5. The Kier molecular flexibility index (Phi) is 4.75. The van der Waals surface area contributed by atoms with Gasteiger partial charge in [-0.15, -0.1) is 0 Å². The molecule has 0 radical (unpaired) electrons. The van der Waals surface area contributed by atoms with Crippen molar-refractivity contribution in [1.29, 1.82) is 0 Å². The van der Waals surface area contributed by atoms with E-state index < -0.39 is 17.5 Å². The van der Waals surface area contributed by atoms with Gasteiger partial charge in [0.25, 0.3) is 5.69 Å². The van der Waals surface area contributed by atoms with Gasteiger partial charge in [-0.05, 0) is 24.3 Å². The smallest absolute Gasteiger partial charge is 0.338 e. The molecule has 120 valence electrons. The molecular weight excluding hydrogens is 302 g/mol. The number of ketones is 1. The molecule has 0 aliphatic rings. The third-order valence-electron chi connectivity index (χ3n) is 3.12. The fourth-order valence-corrected chi connectivity index (χ4v) is 1.97. The fraction of sp³-hybridized carbons (Fsp3) is 0.200. The molecule has 0 unspecified atom stereocenters. The Balaban J connectivity index is 2.12. The van der Waals surface area contributed by atoms with Crippen LogP contribution in [0.3, 0.4) is 0 Å². The summed E-state index contributed by atoms with van der Waals surface area (Å²) in [6, 6.07) is 7.23. The van der Waals surface area contributed by atoms with Crippen LogP contribution in [-0.4, -0.2) is 42.4 Å². The first-order valence-electron chi connectivity index (χ1n) is 6.69. The Hall–Kier alpha value is -3.16. The van der Waals surface area contributed by atoms with Crippen molar-refractivity contribution in [3.63, 3.8) is 0 Å². The molecular formula is C15H15N3O5. The van der Waals surface area contributed by atoms with Crippen LogP contribution in [0.2, 0.25) is 0 Å². The first-order chi connectivity index (χ1) is 10.9. The Bertz CT molecular complexity index is 738. The van der Waals surface area contributed by atoms with E-state index in [-0.39, 0.29) is 17.0 Å². The second-order valence-corrected chi connectivity index (χ2v) is 4.94. The van der Waals surface area contributed by atoms with E-state index in [1.807, 2.05) is 0 Å². The summed E-state index contributed by atoms with van der Waals surface area (Å²) in [5.74, 6) is -1.18. The molecule has 1 aromatic carbocycles. The Morgan fingerprint density at radius 3 is 2.61 bits per heavy atom. The number of hydrogen-bond donors (Lipinski definition) is 1. The van der Waals surface area contributed by atoms with Gasteiger partial charge in [-0.1, -0.05) is 0 Å². The van der Waals surface area contributed by atoms with Crippen molar-refractivity contribution in [3.8, 4) is 0 Å². The monoisotopic (exact) mass is 317 g/mol. The Morgan fingerprint density at radius 1 is 1.30 bits per heavy atom. The zero-order valence-corrected chi connectivity index (χ0v) is 12.6. The lowest BCUT2D eigenvalue weighted by atomic mass is 10.1. The summed E-state index contributed by atoms with van der Waals surface area (Å²) in [5, 5.41) is 11.1. The van der Waals surface area contributed by atoms with Crippen molar-refractivity contribution < 1.29 is 19.2 Å². The number of rotatable bonds is 6. The number of Topliss-reactive ketones (excluding diaryl/α,β-unsaturated/α-hetero) is 1. The first-order valence-corrected chi connectivity index (χ1v) is 6.69.